The molecule has 3 aliphatic heterocycles. The molecule has 3 aliphatic rings. The Bertz CT molecular complexity index is 1390. The Morgan fingerprint density at radius 3 is 2.21 bits per heavy atom. The molecule has 0 aromatic carbocycles. The molecule has 3 rings (SSSR count). The number of esters is 2. The van der Waals surface area contributed by atoms with E-state index in [1.165, 1.54) is 7.11 Å². The van der Waals surface area contributed by atoms with Gasteiger partial charge in [0.25, 0.3) is 0 Å². The van der Waals surface area contributed by atoms with E-state index in [2.05, 4.69) is 0 Å². The van der Waals surface area contributed by atoms with E-state index < -0.39 is 117 Å². The summed E-state index contributed by atoms with van der Waals surface area (Å²) in [5, 5.41) is 45.2. The van der Waals surface area contributed by atoms with Crippen molar-refractivity contribution < 1.29 is 87.2 Å². The van der Waals surface area contributed by atoms with E-state index in [9.17, 15) is 34.8 Å². The Labute approximate surface area is 340 Å². The fraction of sp³-hybridized carbons (Fsp3) is 0.816. The van der Waals surface area contributed by atoms with Crippen LogP contribution in [0.4, 0.5) is 0 Å². The van der Waals surface area contributed by atoms with Crippen LogP contribution in [0.15, 0.2) is 24.3 Å². The molecule has 20 heteroatoms. The molecule has 16 atom stereocenters. The van der Waals surface area contributed by atoms with Crippen LogP contribution in [0.3, 0.4) is 0 Å². The van der Waals surface area contributed by atoms with Crippen LogP contribution in [-0.2, 0) is 52.1 Å². The predicted octanol–water partition coefficient (Wildman–Crippen LogP) is 0.878. The molecule has 1 unspecified atom stereocenters. The molecule has 19 nitrogen and oxygen atoms in total. The number of ether oxygens (including phenoxy) is 7. The molecule has 3 heterocycles. The molecular weight excluding hydrogens is 789 g/mol. The highest BCUT2D eigenvalue weighted by atomic mass is 31.2. The molecule has 0 aliphatic carbocycles. The fourth-order valence-electron chi connectivity index (χ4n) is 7.46. The van der Waals surface area contributed by atoms with Crippen molar-refractivity contribution in [2.24, 2.45) is 11.8 Å². The smallest absolute Gasteiger partial charge is 0.462 e. The number of hydrogen-bond acceptors (Lipinski definition) is 16. The quantitative estimate of drug-likeness (QED) is 0.0912. The third kappa shape index (κ3) is 16.0. The molecule has 336 valence electrons. The second-order valence-electron chi connectivity index (χ2n) is 15.6. The standard InChI is InChI=1S/C38H63NO14.H3O4P/c1-10-28(43)53-38(6)20-30(49-24(5)36(38)46)51-33-23(4)50-37(32(45)31(33)39(7)8)52-34-25(16-17-40)18-21(2)26(41)15-13-11-12-14-22(3)48-29(44)19-27(42)35(34)47-9;1-5(2,3)4/h11-13,15,17,21-27,30-37,41-42,45-46H,10,14,16,18-20H2,1-9H3;(H3,1,2,3,4)/b12-11+,15-13+;/t21-,22-,23-,24+,25+,26+,27-,30+,31-,32-,33-,34+,35+,36+,37?,38-;/m1./s1. The van der Waals surface area contributed by atoms with Crippen LogP contribution >= 0.6 is 7.82 Å². The summed E-state index contributed by atoms with van der Waals surface area (Å²) in [6, 6.07) is -0.754. The highest BCUT2D eigenvalue weighted by molar-refractivity contribution is 7.45. The number of phosphoric acid groups is 1. The summed E-state index contributed by atoms with van der Waals surface area (Å²) in [5.74, 6) is -2.16. The van der Waals surface area contributed by atoms with Crippen molar-refractivity contribution in [3.05, 3.63) is 24.3 Å². The first-order chi connectivity index (χ1) is 27.0. The van der Waals surface area contributed by atoms with Crippen molar-refractivity contribution in [2.75, 3.05) is 21.2 Å². The van der Waals surface area contributed by atoms with Gasteiger partial charge in [0.15, 0.2) is 12.6 Å². The summed E-state index contributed by atoms with van der Waals surface area (Å²) in [6.07, 6.45) is -4.16. The van der Waals surface area contributed by atoms with Crippen molar-refractivity contribution in [3.8, 4) is 0 Å². The van der Waals surface area contributed by atoms with E-state index in [1.807, 2.05) is 13.0 Å². The first kappa shape index (κ1) is 51.9. The molecule has 0 spiro atoms. The Hall–Kier alpha value is -2.20. The number of cyclic esters (lactones) is 1. The number of likely N-dealkylation sites (N-methyl/N-ethyl adjacent to an activating group) is 1. The highest BCUT2D eigenvalue weighted by Gasteiger charge is 2.53. The number of aliphatic hydroxyl groups is 4. The molecule has 2 fully saturated rings. The van der Waals surface area contributed by atoms with Gasteiger partial charge in [-0.25, -0.2) is 4.57 Å². The lowest BCUT2D eigenvalue weighted by Gasteiger charge is -2.50. The van der Waals surface area contributed by atoms with Gasteiger partial charge >= 0.3 is 19.8 Å². The van der Waals surface area contributed by atoms with Gasteiger partial charge in [-0.3, -0.25) is 9.59 Å². The third-order valence-electron chi connectivity index (χ3n) is 10.4. The number of allylic oxidation sites excluding steroid dienone is 2. The highest BCUT2D eigenvalue weighted by Crippen LogP contribution is 2.38. The van der Waals surface area contributed by atoms with Crippen molar-refractivity contribution in [1.82, 2.24) is 4.90 Å². The van der Waals surface area contributed by atoms with E-state index in [0.717, 1.165) is 0 Å². The van der Waals surface area contributed by atoms with E-state index in [1.54, 1.807) is 71.8 Å². The minimum Gasteiger partial charge on any atom is -0.462 e. The molecule has 0 aromatic rings. The van der Waals surface area contributed by atoms with Crippen molar-refractivity contribution in [3.63, 3.8) is 0 Å². The zero-order valence-corrected chi connectivity index (χ0v) is 35.7. The van der Waals surface area contributed by atoms with Gasteiger partial charge in [0.2, 0.25) is 0 Å². The van der Waals surface area contributed by atoms with Crippen LogP contribution in [0.5, 0.6) is 0 Å². The third-order valence-corrected chi connectivity index (χ3v) is 10.4. The van der Waals surface area contributed by atoms with Crippen LogP contribution < -0.4 is 0 Å². The molecule has 2 saturated heterocycles. The zero-order valence-electron chi connectivity index (χ0n) is 34.8. The lowest BCUT2D eigenvalue weighted by molar-refractivity contribution is -0.344. The Kier molecular flexibility index (Phi) is 21.2. The van der Waals surface area contributed by atoms with Gasteiger partial charge in [-0.05, 0) is 60.0 Å². The van der Waals surface area contributed by atoms with Gasteiger partial charge < -0.3 is 78.0 Å². The van der Waals surface area contributed by atoms with E-state index >= 15 is 0 Å². The number of carbonyl (C=O) groups excluding carboxylic acids is 3. The number of aliphatic hydroxyl groups excluding tert-OH is 4. The maximum atomic E-state index is 12.9. The van der Waals surface area contributed by atoms with E-state index in [0.29, 0.717) is 12.7 Å². The summed E-state index contributed by atoms with van der Waals surface area (Å²) < 4.78 is 51.1. The minimum atomic E-state index is -4.64. The maximum absolute atomic E-state index is 12.9. The Morgan fingerprint density at radius 1 is 1.00 bits per heavy atom. The second-order valence-corrected chi connectivity index (χ2v) is 16.6. The minimum absolute atomic E-state index is 0.0171. The van der Waals surface area contributed by atoms with Crippen LogP contribution in [0.2, 0.25) is 0 Å². The first-order valence-corrected chi connectivity index (χ1v) is 21.0. The van der Waals surface area contributed by atoms with Crippen LogP contribution in [0.25, 0.3) is 0 Å². The Morgan fingerprint density at radius 2 is 1.64 bits per heavy atom. The van der Waals surface area contributed by atoms with E-state index in [4.69, 9.17) is 52.4 Å². The summed E-state index contributed by atoms with van der Waals surface area (Å²) in [7, 11) is 0.214. The maximum Gasteiger partial charge on any atom is 0.466 e. The zero-order chi connectivity index (χ0) is 44.1. The van der Waals surface area contributed by atoms with Crippen LogP contribution in [-0.4, -0.2) is 165 Å². The van der Waals surface area contributed by atoms with Gasteiger partial charge in [0.1, 0.15) is 42.4 Å². The van der Waals surface area contributed by atoms with E-state index in [-0.39, 0.29) is 31.6 Å². The van der Waals surface area contributed by atoms with Crippen molar-refractivity contribution in [2.45, 2.75) is 165 Å². The van der Waals surface area contributed by atoms with Gasteiger partial charge in [0, 0.05) is 32.8 Å². The van der Waals surface area contributed by atoms with Crippen molar-refractivity contribution in [1.29, 1.82) is 0 Å². The summed E-state index contributed by atoms with van der Waals surface area (Å²) in [6.45, 7) is 10.2. The predicted molar refractivity (Wildman–Crippen MR) is 205 cm³/mol. The number of rotatable bonds is 10. The summed E-state index contributed by atoms with van der Waals surface area (Å²) in [4.78, 5) is 60.5. The number of nitrogens with zero attached hydrogens (tertiary/aromatic N) is 1. The average Bonchev–Trinajstić information content (AvgIpc) is 3.10. The van der Waals surface area contributed by atoms with Crippen molar-refractivity contribution >= 4 is 26.0 Å². The monoisotopic (exact) mass is 855 g/mol. The largest absolute Gasteiger partial charge is 0.466 e. The SMILES string of the molecule is CCC(=O)O[C@]1(C)C[C@H](O[C@H]2[C@H](N(C)C)[C@@H](O)C(O[C@H]3[C@@H](CC=O)C[C@@H](C)[C@@H](O)/C=C/C=C/C[C@@H](C)OC(=O)C[C@@H](O)[C@@H]3OC)O[C@@H]2C)O[C@@H](C)[C@@H]1O.O=P(O)(O)O. The van der Waals surface area contributed by atoms with Crippen LogP contribution in [0, 0.1) is 11.8 Å². The first-order valence-electron chi connectivity index (χ1n) is 19.5. The lowest BCUT2D eigenvalue weighted by atomic mass is 9.82. The molecule has 0 amide bonds. The van der Waals surface area contributed by atoms with Gasteiger partial charge in [-0.1, -0.05) is 38.2 Å². The lowest BCUT2D eigenvalue weighted by Crippen LogP contribution is -2.66. The fourth-order valence-corrected chi connectivity index (χ4v) is 7.46. The average molecular weight is 856 g/mol. The molecule has 0 aromatic heterocycles. The summed E-state index contributed by atoms with van der Waals surface area (Å²) >= 11 is 0. The Balaban J connectivity index is 0.00000218. The van der Waals surface area contributed by atoms with Gasteiger partial charge in [-0.2, -0.15) is 0 Å². The van der Waals surface area contributed by atoms with Gasteiger partial charge in [0.05, 0.1) is 43.0 Å². The topological polar surface area (TPSA) is 278 Å². The van der Waals surface area contributed by atoms with Gasteiger partial charge in [-0.15, -0.1) is 0 Å². The second kappa shape index (κ2) is 23.7. The van der Waals surface area contributed by atoms with Crippen LogP contribution in [0.1, 0.15) is 80.1 Å². The molecule has 58 heavy (non-hydrogen) atoms. The summed E-state index contributed by atoms with van der Waals surface area (Å²) in [5.41, 5.74) is -1.29. The molecule has 0 bridgehead atoms. The number of aldehydes is 1. The molecular formula is C38H66NO18P. The molecule has 0 radical (unpaired) electrons. The number of carbonyl (C=O) groups is 3. The normalized spacial score (nSPS) is 40.7. The molecule has 7 N–H and O–H groups in total. The number of hydrogen-bond donors (Lipinski definition) is 7. The number of methoxy groups -OCH3 is 1. The molecule has 0 saturated carbocycles.